The number of benzene rings is 2. The lowest BCUT2D eigenvalue weighted by molar-refractivity contribution is 0.281. The number of hydrogen-bond acceptors (Lipinski definition) is 3. The summed E-state index contributed by atoms with van der Waals surface area (Å²) in [7, 11) is 0. The van der Waals surface area contributed by atoms with Crippen LogP contribution in [0.1, 0.15) is 18.1 Å². The van der Waals surface area contributed by atoms with Gasteiger partial charge in [0.2, 0.25) is 0 Å². The lowest BCUT2D eigenvalue weighted by Crippen LogP contribution is -2.12. The van der Waals surface area contributed by atoms with Crippen molar-refractivity contribution >= 4 is 15.9 Å². The van der Waals surface area contributed by atoms with Gasteiger partial charge in [0.05, 0.1) is 6.61 Å². The van der Waals surface area contributed by atoms with Gasteiger partial charge in [-0.15, -0.1) is 0 Å². The number of ether oxygens (including phenoxy) is 1. The summed E-state index contributed by atoms with van der Waals surface area (Å²) in [6, 6.07) is 13.4. The number of halogens is 1. The summed E-state index contributed by atoms with van der Waals surface area (Å²) in [6.07, 6.45) is 0. The summed E-state index contributed by atoms with van der Waals surface area (Å²) >= 11 is 3.48. The zero-order valence-electron chi connectivity index (χ0n) is 11.4. The van der Waals surface area contributed by atoms with Gasteiger partial charge in [0.1, 0.15) is 11.5 Å². The van der Waals surface area contributed by atoms with E-state index in [2.05, 4.69) is 34.2 Å². The van der Waals surface area contributed by atoms with Crippen molar-refractivity contribution in [2.45, 2.75) is 20.1 Å². The third-order valence-electron chi connectivity index (χ3n) is 2.92. The Balaban J connectivity index is 2.18. The Morgan fingerprint density at radius 2 is 1.90 bits per heavy atom. The third kappa shape index (κ3) is 4.07. The van der Waals surface area contributed by atoms with E-state index >= 15 is 0 Å². The Morgan fingerprint density at radius 1 is 1.15 bits per heavy atom. The van der Waals surface area contributed by atoms with Gasteiger partial charge in [-0.05, 0) is 42.4 Å². The van der Waals surface area contributed by atoms with Gasteiger partial charge in [0.25, 0.3) is 0 Å². The molecular formula is C16H18BrNO2. The van der Waals surface area contributed by atoms with Gasteiger partial charge in [0, 0.05) is 16.6 Å². The maximum Gasteiger partial charge on any atom is 0.131 e. The van der Waals surface area contributed by atoms with E-state index in [9.17, 15) is 0 Å². The summed E-state index contributed by atoms with van der Waals surface area (Å²) < 4.78 is 6.95. The summed E-state index contributed by atoms with van der Waals surface area (Å²) in [5, 5.41) is 12.3. The van der Waals surface area contributed by atoms with Crippen LogP contribution >= 0.6 is 15.9 Å². The first-order valence-electron chi connectivity index (χ1n) is 6.59. The molecule has 0 spiro atoms. The highest BCUT2D eigenvalue weighted by Gasteiger charge is 2.06. The molecule has 106 valence electrons. The molecular weight excluding hydrogens is 318 g/mol. The first kappa shape index (κ1) is 15.0. The van der Waals surface area contributed by atoms with Crippen molar-refractivity contribution in [2.24, 2.45) is 0 Å². The zero-order chi connectivity index (χ0) is 14.4. The Kier molecular flexibility index (Phi) is 5.59. The van der Waals surface area contributed by atoms with Crippen LogP contribution in [0.3, 0.4) is 0 Å². The van der Waals surface area contributed by atoms with Gasteiger partial charge < -0.3 is 15.2 Å². The number of aliphatic hydroxyl groups excluding tert-OH is 1. The Hall–Kier alpha value is -1.36. The molecule has 4 heteroatoms. The van der Waals surface area contributed by atoms with Gasteiger partial charge in [-0.1, -0.05) is 35.0 Å². The van der Waals surface area contributed by atoms with Crippen molar-refractivity contribution in [1.82, 2.24) is 5.32 Å². The molecule has 0 aromatic heterocycles. The molecule has 0 heterocycles. The maximum atomic E-state index is 9.04. The van der Waals surface area contributed by atoms with Crippen LogP contribution < -0.4 is 10.1 Å². The normalized spacial score (nSPS) is 10.6. The largest absolute Gasteiger partial charge is 0.457 e. The van der Waals surface area contributed by atoms with Crippen LogP contribution in [0.15, 0.2) is 46.9 Å². The molecule has 2 aromatic rings. The molecule has 0 saturated carbocycles. The van der Waals surface area contributed by atoms with E-state index in [0.717, 1.165) is 40.2 Å². The van der Waals surface area contributed by atoms with Gasteiger partial charge >= 0.3 is 0 Å². The van der Waals surface area contributed by atoms with Gasteiger partial charge in [-0.3, -0.25) is 0 Å². The van der Waals surface area contributed by atoms with E-state index in [1.165, 1.54) is 0 Å². The smallest absolute Gasteiger partial charge is 0.131 e. The van der Waals surface area contributed by atoms with Crippen molar-refractivity contribution in [1.29, 1.82) is 0 Å². The van der Waals surface area contributed by atoms with Crippen molar-refractivity contribution in [3.8, 4) is 11.5 Å². The molecule has 0 aliphatic heterocycles. The first-order chi connectivity index (χ1) is 9.72. The topological polar surface area (TPSA) is 41.5 Å². The minimum absolute atomic E-state index is 0.0459. The molecule has 0 fully saturated rings. The Morgan fingerprint density at radius 3 is 2.55 bits per heavy atom. The highest BCUT2D eigenvalue weighted by molar-refractivity contribution is 9.10. The van der Waals surface area contributed by atoms with Crippen LogP contribution in [0.4, 0.5) is 0 Å². The second-order valence-electron chi connectivity index (χ2n) is 4.44. The van der Waals surface area contributed by atoms with E-state index in [-0.39, 0.29) is 6.61 Å². The molecule has 0 aliphatic rings. The average Bonchev–Trinajstić information content (AvgIpc) is 2.48. The molecule has 2 N–H and O–H groups in total. The molecule has 0 unspecified atom stereocenters. The van der Waals surface area contributed by atoms with Crippen LogP contribution in [-0.4, -0.2) is 11.7 Å². The SMILES string of the molecule is CCNCc1cc(Br)ccc1Oc1ccc(CO)cc1. The average molecular weight is 336 g/mol. The molecule has 0 saturated heterocycles. The Labute approximate surface area is 127 Å². The van der Waals surface area contributed by atoms with Crippen molar-refractivity contribution in [2.75, 3.05) is 6.54 Å². The highest BCUT2D eigenvalue weighted by Crippen LogP contribution is 2.28. The summed E-state index contributed by atoms with van der Waals surface area (Å²) in [5.41, 5.74) is 1.98. The first-order valence-corrected chi connectivity index (χ1v) is 7.39. The minimum atomic E-state index is 0.0459. The fraction of sp³-hybridized carbons (Fsp3) is 0.250. The molecule has 3 nitrogen and oxygen atoms in total. The second kappa shape index (κ2) is 7.43. The van der Waals surface area contributed by atoms with E-state index in [1.54, 1.807) is 0 Å². The van der Waals surface area contributed by atoms with E-state index in [1.807, 2.05) is 36.4 Å². The number of rotatable bonds is 6. The third-order valence-corrected chi connectivity index (χ3v) is 3.41. The van der Waals surface area contributed by atoms with Crippen LogP contribution in [0.5, 0.6) is 11.5 Å². The van der Waals surface area contributed by atoms with Gasteiger partial charge in [0.15, 0.2) is 0 Å². The van der Waals surface area contributed by atoms with Crippen molar-refractivity contribution < 1.29 is 9.84 Å². The molecule has 0 amide bonds. The van der Waals surface area contributed by atoms with Crippen molar-refractivity contribution in [3.05, 3.63) is 58.1 Å². The van der Waals surface area contributed by atoms with E-state index in [0.29, 0.717) is 0 Å². The molecule has 0 radical (unpaired) electrons. The summed E-state index contributed by atoms with van der Waals surface area (Å²) in [4.78, 5) is 0. The highest BCUT2D eigenvalue weighted by atomic mass is 79.9. The minimum Gasteiger partial charge on any atom is -0.457 e. The van der Waals surface area contributed by atoms with Crippen LogP contribution in [0.2, 0.25) is 0 Å². The second-order valence-corrected chi connectivity index (χ2v) is 5.35. The molecule has 0 aliphatic carbocycles. The van der Waals surface area contributed by atoms with Crippen molar-refractivity contribution in [3.63, 3.8) is 0 Å². The van der Waals surface area contributed by atoms with Gasteiger partial charge in [-0.25, -0.2) is 0 Å². The number of aliphatic hydroxyl groups is 1. The fourth-order valence-electron chi connectivity index (χ4n) is 1.84. The molecule has 0 atom stereocenters. The summed E-state index contributed by atoms with van der Waals surface area (Å²) in [6.45, 7) is 3.80. The van der Waals surface area contributed by atoms with E-state index in [4.69, 9.17) is 9.84 Å². The van der Waals surface area contributed by atoms with E-state index < -0.39 is 0 Å². The molecule has 0 bridgehead atoms. The Bertz CT molecular complexity index is 555. The van der Waals surface area contributed by atoms with Crippen LogP contribution in [0.25, 0.3) is 0 Å². The lowest BCUT2D eigenvalue weighted by Gasteiger charge is -2.12. The van der Waals surface area contributed by atoms with Crippen LogP contribution in [-0.2, 0) is 13.2 Å². The molecule has 20 heavy (non-hydrogen) atoms. The maximum absolute atomic E-state index is 9.04. The molecule has 2 rings (SSSR count). The predicted octanol–water partition coefficient (Wildman–Crippen LogP) is 3.84. The zero-order valence-corrected chi connectivity index (χ0v) is 13.0. The molecule has 2 aromatic carbocycles. The van der Waals surface area contributed by atoms with Crippen LogP contribution in [0, 0.1) is 0 Å². The lowest BCUT2D eigenvalue weighted by atomic mass is 10.2. The van der Waals surface area contributed by atoms with Gasteiger partial charge in [-0.2, -0.15) is 0 Å². The predicted molar refractivity (Wildman–Crippen MR) is 84.0 cm³/mol. The fourth-order valence-corrected chi connectivity index (χ4v) is 2.24. The quantitative estimate of drug-likeness (QED) is 0.842. The number of nitrogens with one attached hydrogen (secondary N) is 1. The number of hydrogen-bond donors (Lipinski definition) is 2. The summed E-state index contributed by atoms with van der Waals surface area (Å²) in [5.74, 6) is 1.60. The standard InChI is InChI=1S/C16H18BrNO2/c1-2-18-10-13-9-14(17)5-8-16(13)20-15-6-3-12(11-19)4-7-15/h3-9,18-19H,2,10-11H2,1H3. The monoisotopic (exact) mass is 335 g/mol.